The van der Waals surface area contributed by atoms with E-state index in [-0.39, 0.29) is 25.0 Å². The fraction of sp³-hybridized carbons (Fsp3) is 0.526. The van der Waals surface area contributed by atoms with E-state index in [1.165, 1.54) is 0 Å². The van der Waals surface area contributed by atoms with E-state index in [2.05, 4.69) is 25.8 Å². The van der Waals surface area contributed by atoms with E-state index in [4.69, 9.17) is 9.47 Å². The van der Waals surface area contributed by atoms with E-state index < -0.39 is 18.3 Å². The van der Waals surface area contributed by atoms with Crippen molar-refractivity contribution in [1.29, 1.82) is 0 Å². The van der Waals surface area contributed by atoms with E-state index in [0.717, 1.165) is 30.6 Å². The maximum Gasteiger partial charge on any atom is 0.407 e. The maximum absolute atomic E-state index is 14.3. The van der Waals surface area contributed by atoms with Crippen molar-refractivity contribution in [2.75, 3.05) is 11.9 Å². The Bertz CT molecular complexity index is 829. The van der Waals surface area contributed by atoms with Crippen molar-refractivity contribution in [1.82, 2.24) is 20.5 Å². The molecule has 1 amide bonds. The molecule has 150 valence electrons. The molecule has 0 unspecified atom stereocenters. The predicted octanol–water partition coefficient (Wildman–Crippen LogP) is 3.42. The van der Waals surface area contributed by atoms with E-state index in [9.17, 15) is 9.18 Å². The minimum atomic E-state index is -1.25. The molecule has 8 nitrogen and oxygen atoms in total. The van der Waals surface area contributed by atoms with Crippen molar-refractivity contribution in [3.05, 3.63) is 30.1 Å². The first-order valence-corrected chi connectivity index (χ1v) is 9.59. The zero-order valence-corrected chi connectivity index (χ0v) is 15.7. The van der Waals surface area contributed by atoms with Gasteiger partial charge >= 0.3 is 6.09 Å². The first-order chi connectivity index (χ1) is 13.6. The Morgan fingerprint density at radius 2 is 2.14 bits per heavy atom. The normalized spacial score (nSPS) is 28.1. The van der Waals surface area contributed by atoms with Gasteiger partial charge in [-0.25, -0.2) is 14.2 Å². The molecule has 0 saturated heterocycles. The first-order valence-electron chi connectivity index (χ1n) is 9.59. The minimum Gasteiger partial charge on any atom is -0.477 e. The number of aromatic nitrogens is 3. The summed E-state index contributed by atoms with van der Waals surface area (Å²) in [6.07, 6.45) is 2.14. The van der Waals surface area contributed by atoms with E-state index in [1.807, 2.05) is 12.1 Å². The Hall–Kier alpha value is -2.84. The summed E-state index contributed by atoms with van der Waals surface area (Å²) in [5, 5.41) is 13.2. The van der Waals surface area contributed by atoms with Crippen LogP contribution in [0, 0.1) is 0 Å². The van der Waals surface area contributed by atoms with Crippen molar-refractivity contribution < 1.29 is 18.7 Å². The highest BCUT2D eigenvalue weighted by atomic mass is 19.1. The van der Waals surface area contributed by atoms with Crippen molar-refractivity contribution in [3.63, 3.8) is 0 Å². The number of halogens is 1. The highest BCUT2D eigenvalue weighted by molar-refractivity contribution is 5.67. The van der Waals surface area contributed by atoms with Crippen LogP contribution in [0.5, 0.6) is 5.88 Å². The molecule has 0 aromatic carbocycles. The van der Waals surface area contributed by atoms with Crippen LogP contribution in [-0.4, -0.2) is 46.2 Å². The number of H-pyrrole nitrogens is 1. The van der Waals surface area contributed by atoms with Crippen LogP contribution in [0.15, 0.2) is 24.4 Å². The number of hydrogen-bond donors (Lipinski definition) is 3. The average molecular weight is 389 g/mol. The van der Waals surface area contributed by atoms with Crippen molar-refractivity contribution >= 4 is 17.6 Å². The van der Waals surface area contributed by atoms with Crippen LogP contribution in [-0.2, 0) is 4.74 Å². The number of aromatic amines is 1. The monoisotopic (exact) mass is 389 g/mol. The topological polar surface area (TPSA) is 101 Å². The number of hydrogen-bond acceptors (Lipinski definition) is 6. The van der Waals surface area contributed by atoms with Crippen LogP contribution in [0.1, 0.15) is 44.2 Å². The molecule has 4 atom stereocenters. The molecule has 1 saturated carbocycles. The SMILES string of the molecule is C[C@@H]1NC(=O)O[C@@H]2CC[C@@H](C2)c2cc(n[nH]2)Nc2ccnc(c2)OCC[C@@H]1F. The summed E-state index contributed by atoms with van der Waals surface area (Å²) in [6, 6.07) is 4.86. The number of fused-ring (bicyclic) bond motifs is 7. The standard InChI is InChI=1S/C19H24FN5O3/c1-11-15(20)5-7-27-18-9-13(4-6-21-18)23-17-10-16(24-25-17)12-2-3-14(8-12)28-19(26)22-11/h4,6,9-12,14-15H,2-3,5,7-8H2,1H3,(H,22,26)(H2,23,24,25)/t11-,12-,14+,15-/m0/s1. The van der Waals surface area contributed by atoms with E-state index in [0.29, 0.717) is 11.7 Å². The number of ether oxygens (including phenoxy) is 2. The van der Waals surface area contributed by atoms with Gasteiger partial charge in [-0.05, 0) is 32.3 Å². The van der Waals surface area contributed by atoms with Crippen LogP contribution < -0.4 is 15.4 Å². The third-order valence-corrected chi connectivity index (χ3v) is 5.23. The molecular weight excluding hydrogens is 365 g/mol. The Balaban J connectivity index is 1.54. The number of nitrogens with zero attached hydrogens (tertiary/aromatic N) is 2. The number of amides is 1. The number of carbonyl (C=O) groups is 1. The summed E-state index contributed by atoms with van der Waals surface area (Å²) in [7, 11) is 0. The number of anilines is 2. The highest BCUT2D eigenvalue weighted by Crippen LogP contribution is 2.36. The predicted molar refractivity (Wildman–Crippen MR) is 101 cm³/mol. The van der Waals surface area contributed by atoms with E-state index >= 15 is 0 Å². The van der Waals surface area contributed by atoms with Gasteiger partial charge in [0.25, 0.3) is 0 Å². The van der Waals surface area contributed by atoms with Gasteiger partial charge in [-0.1, -0.05) is 0 Å². The molecule has 3 N–H and O–H groups in total. The molecule has 2 aromatic rings. The van der Waals surface area contributed by atoms with Crippen molar-refractivity contribution in [3.8, 4) is 5.88 Å². The summed E-state index contributed by atoms with van der Waals surface area (Å²) < 4.78 is 25.4. The third kappa shape index (κ3) is 4.35. The molecule has 6 bridgehead atoms. The zero-order chi connectivity index (χ0) is 19.5. The second-order valence-corrected chi connectivity index (χ2v) is 7.34. The summed E-state index contributed by atoms with van der Waals surface area (Å²) in [6.45, 7) is 1.77. The van der Waals surface area contributed by atoms with Crippen LogP contribution in [0.3, 0.4) is 0 Å². The van der Waals surface area contributed by atoms with Crippen LogP contribution in [0.2, 0.25) is 0 Å². The lowest BCUT2D eigenvalue weighted by Crippen LogP contribution is -2.41. The van der Waals surface area contributed by atoms with Gasteiger partial charge in [-0.3, -0.25) is 5.10 Å². The van der Waals surface area contributed by atoms with Crippen molar-refractivity contribution in [2.45, 2.75) is 56.8 Å². The molecule has 3 heterocycles. The Morgan fingerprint density at radius 1 is 1.25 bits per heavy atom. The fourth-order valence-corrected chi connectivity index (χ4v) is 3.64. The Labute approximate surface area is 162 Å². The summed E-state index contributed by atoms with van der Waals surface area (Å²) in [5.41, 5.74) is 1.78. The van der Waals surface area contributed by atoms with E-state index in [1.54, 1.807) is 19.2 Å². The van der Waals surface area contributed by atoms with Gasteiger partial charge in [0, 0.05) is 42.0 Å². The summed E-state index contributed by atoms with van der Waals surface area (Å²) >= 11 is 0. The number of nitrogens with one attached hydrogen (secondary N) is 3. The highest BCUT2D eigenvalue weighted by Gasteiger charge is 2.30. The molecule has 28 heavy (non-hydrogen) atoms. The second-order valence-electron chi connectivity index (χ2n) is 7.34. The van der Waals surface area contributed by atoms with Gasteiger partial charge in [0.2, 0.25) is 5.88 Å². The lowest BCUT2D eigenvalue weighted by molar-refractivity contribution is 0.0913. The van der Waals surface area contributed by atoms with Gasteiger partial charge in [0.05, 0.1) is 12.6 Å². The third-order valence-electron chi connectivity index (χ3n) is 5.23. The Morgan fingerprint density at radius 3 is 3.04 bits per heavy atom. The molecule has 1 aliphatic heterocycles. The maximum atomic E-state index is 14.3. The molecule has 1 fully saturated rings. The zero-order valence-electron chi connectivity index (χ0n) is 15.7. The number of pyridine rings is 1. The van der Waals surface area contributed by atoms with Crippen LogP contribution in [0.4, 0.5) is 20.7 Å². The molecule has 1 aliphatic carbocycles. The molecule has 2 aliphatic rings. The lowest BCUT2D eigenvalue weighted by atomic mass is 10.0. The van der Waals surface area contributed by atoms with Gasteiger partial charge < -0.3 is 20.1 Å². The van der Waals surface area contributed by atoms with Crippen molar-refractivity contribution in [2.24, 2.45) is 0 Å². The number of rotatable bonds is 0. The number of alkyl halides is 1. The van der Waals surface area contributed by atoms with Crippen LogP contribution >= 0.6 is 0 Å². The number of alkyl carbamates (subject to hydrolysis) is 1. The molecule has 9 heteroatoms. The summed E-state index contributed by atoms with van der Waals surface area (Å²) in [4.78, 5) is 16.2. The van der Waals surface area contributed by atoms with Gasteiger partial charge in [0.15, 0.2) is 5.82 Å². The van der Waals surface area contributed by atoms with Crippen LogP contribution in [0.25, 0.3) is 0 Å². The first kappa shape index (κ1) is 18.5. The van der Waals surface area contributed by atoms with Gasteiger partial charge in [-0.15, -0.1) is 0 Å². The fourth-order valence-electron chi connectivity index (χ4n) is 3.64. The average Bonchev–Trinajstić information content (AvgIpc) is 3.30. The smallest absolute Gasteiger partial charge is 0.407 e. The second kappa shape index (κ2) is 8.04. The molecular formula is C19H24FN5O3. The molecule has 0 radical (unpaired) electrons. The Kier molecular flexibility index (Phi) is 5.31. The van der Waals surface area contributed by atoms with Gasteiger partial charge in [-0.2, -0.15) is 5.10 Å². The molecule has 2 aromatic heterocycles. The largest absolute Gasteiger partial charge is 0.477 e. The minimum absolute atomic E-state index is 0.134. The molecule has 4 rings (SSSR count). The van der Waals surface area contributed by atoms with Gasteiger partial charge in [0.1, 0.15) is 12.3 Å². The number of carbonyl (C=O) groups excluding carboxylic acids is 1. The summed E-state index contributed by atoms with van der Waals surface area (Å²) in [5.74, 6) is 1.32. The lowest BCUT2D eigenvalue weighted by Gasteiger charge is -2.20. The quantitative estimate of drug-likeness (QED) is 0.638. The molecule has 0 spiro atoms.